The lowest BCUT2D eigenvalue weighted by molar-refractivity contribution is -0.162. The van der Waals surface area contributed by atoms with Crippen molar-refractivity contribution in [2.75, 3.05) is 13.2 Å². The van der Waals surface area contributed by atoms with Gasteiger partial charge in [-0.2, -0.15) is 0 Å². The number of rotatable bonds is 9. The molecule has 27 heavy (non-hydrogen) atoms. The van der Waals surface area contributed by atoms with Crippen LogP contribution in [0.5, 0.6) is 11.5 Å². The van der Waals surface area contributed by atoms with Crippen LogP contribution in [-0.4, -0.2) is 51.2 Å². The minimum Gasteiger partial charge on any atom is -0.504 e. The third-order valence-corrected chi connectivity index (χ3v) is 3.83. The average Bonchev–Trinajstić information content (AvgIpc) is 2.65. The molecule has 0 aliphatic carbocycles. The lowest BCUT2D eigenvalue weighted by atomic mass is 10.0. The summed E-state index contributed by atoms with van der Waals surface area (Å²) in [4.78, 5) is 23.2. The molecule has 0 amide bonds. The molecule has 0 aromatic heterocycles. The second-order valence-electron chi connectivity index (χ2n) is 5.95. The zero-order valence-electron chi connectivity index (χ0n) is 14.5. The van der Waals surface area contributed by atoms with Crippen LogP contribution in [0, 0.1) is 0 Å². The standard InChI is InChI=1S/C19H21NO7/c21-15-8-7-13(11-16(15)22)12-19(26,18(24)25)20-9-4-10-27-17(23)14-5-2-1-3-6-14/h1-3,5-8,11,20-22,26H,4,9-10,12H2,(H,24,25)/t19-/m0/s1. The SMILES string of the molecule is O=C(OCCCN[C@](O)(Cc1ccc(O)c(O)c1)C(=O)O)c1ccccc1. The Kier molecular flexibility index (Phi) is 6.75. The van der Waals surface area contributed by atoms with E-state index < -0.39 is 23.4 Å². The van der Waals surface area contributed by atoms with E-state index in [0.29, 0.717) is 11.1 Å². The van der Waals surface area contributed by atoms with Gasteiger partial charge in [-0.1, -0.05) is 24.3 Å². The van der Waals surface area contributed by atoms with Gasteiger partial charge in [-0.3, -0.25) is 5.32 Å². The summed E-state index contributed by atoms with van der Waals surface area (Å²) in [6.45, 7) is 0.130. The molecule has 5 N–H and O–H groups in total. The largest absolute Gasteiger partial charge is 0.504 e. The molecule has 0 fully saturated rings. The summed E-state index contributed by atoms with van der Waals surface area (Å²) in [5, 5.41) is 40.9. The van der Waals surface area contributed by atoms with E-state index in [-0.39, 0.29) is 31.7 Å². The summed E-state index contributed by atoms with van der Waals surface area (Å²) >= 11 is 0. The van der Waals surface area contributed by atoms with Crippen LogP contribution in [-0.2, 0) is 16.0 Å². The molecule has 2 rings (SSSR count). The number of ether oxygens (including phenoxy) is 1. The highest BCUT2D eigenvalue weighted by Crippen LogP contribution is 2.26. The topological polar surface area (TPSA) is 136 Å². The fraction of sp³-hybridized carbons (Fsp3) is 0.263. The normalized spacial score (nSPS) is 12.9. The van der Waals surface area contributed by atoms with E-state index in [1.807, 2.05) is 0 Å². The Balaban J connectivity index is 1.84. The van der Waals surface area contributed by atoms with Crippen molar-refractivity contribution in [3.8, 4) is 11.5 Å². The van der Waals surface area contributed by atoms with Gasteiger partial charge in [0.05, 0.1) is 12.2 Å². The summed E-state index contributed by atoms with van der Waals surface area (Å²) in [7, 11) is 0. The highest BCUT2D eigenvalue weighted by Gasteiger charge is 2.35. The van der Waals surface area contributed by atoms with Crippen LogP contribution >= 0.6 is 0 Å². The van der Waals surface area contributed by atoms with Crippen LogP contribution in [0.4, 0.5) is 0 Å². The number of carboxylic acids is 1. The van der Waals surface area contributed by atoms with Crippen LogP contribution in [0.3, 0.4) is 0 Å². The first kappa shape index (κ1) is 20.2. The maximum absolute atomic E-state index is 11.8. The zero-order valence-corrected chi connectivity index (χ0v) is 14.5. The zero-order chi connectivity index (χ0) is 19.9. The molecule has 0 saturated heterocycles. The fourth-order valence-electron chi connectivity index (χ4n) is 2.38. The van der Waals surface area contributed by atoms with Crippen LogP contribution < -0.4 is 5.32 Å². The summed E-state index contributed by atoms with van der Waals surface area (Å²) in [6.07, 6.45) is -0.0467. The number of carboxylic acid groups (broad SMARTS) is 1. The summed E-state index contributed by atoms with van der Waals surface area (Å²) in [5.74, 6) is -2.72. The van der Waals surface area contributed by atoms with E-state index in [4.69, 9.17) is 4.74 Å². The Labute approximate surface area is 155 Å². The van der Waals surface area contributed by atoms with Gasteiger partial charge in [-0.15, -0.1) is 0 Å². The number of phenolic OH excluding ortho intramolecular Hbond substituents is 2. The molecule has 0 aliphatic heterocycles. The first-order valence-electron chi connectivity index (χ1n) is 8.25. The smallest absolute Gasteiger partial charge is 0.351 e. The van der Waals surface area contributed by atoms with E-state index in [1.165, 1.54) is 18.2 Å². The van der Waals surface area contributed by atoms with Crippen LogP contribution in [0.2, 0.25) is 0 Å². The molecule has 0 bridgehead atoms. The number of aliphatic hydroxyl groups is 1. The number of benzene rings is 2. The van der Waals surface area contributed by atoms with Gasteiger partial charge in [0, 0.05) is 13.0 Å². The predicted molar refractivity (Wildman–Crippen MR) is 95.4 cm³/mol. The quantitative estimate of drug-likeness (QED) is 0.191. The Hall–Kier alpha value is -3.10. The highest BCUT2D eigenvalue weighted by atomic mass is 16.5. The summed E-state index contributed by atoms with van der Waals surface area (Å²) in [5.41, 5.74) is -1.54. The van der Waals surface area contributed by atoms with E-state index in [2.05, 4.69) is 5.32 Å². The first-order chi connectivity index (χ1) is 12.8. The molecular weight excluding hydrogens is 354 g/mol. The number of hydrogen-bond acceptors (Lipinski definition) is 7. The lowest BCUT2D eigenvalue weighted by Gasteiger charge is -2.25. The summed E-state index contributed by atoms with van der Waals surface area (Å²) < 4.78 is 5.08. The van der Waals surface area contributed by atoms with Crippen molar-refractivity contribution in [3.63, 3.8) is 0 Å². The van der Waals surface area contributed by atoms with E-state index in [0.717, 1.165) is 0 Å². The molecular formula is C19H21NO7. The third-order valence-electron chi connectivity index (χ3n) is 3.83. The van der Waals surface area contributed by atoms with Gasteiger partial charge in [0.2, 0.25) is 5.72 Å². The summed E-state index contributed by atoms with van der Waals surface area (Å²) in [6, 6.07) is 12.2. The maximum Gasteiger partial charge on any atom is 0.351 e. The number of aromatic hydroxyl groups is 2. The number of carbonyl (C=O) groups is 2. The molecule has 0 saturated carbocycles. The Morgan fingerprint density at radius 3 is 2.37 bits per heavy atom. The molecule has 0 heterocycles. The van der Waals surface area contributed by atoms with E-state index in [9.17, 15) is 30.0 Å². The number of hydrogen-bond donors (Lipinski definition) is 5. The van der Waals surface area contributed by atoms with Gasteiger partial charge in [0.15, 0.2) is 11.5 Å². The van der Waals surface area contributed by atoms with Gasteiger partial charge in [0.25, 0.3) is 0 Å². The number of esters is 1. The van der Waals surface area contributed by atoms with E-state index >= 15 is 0 Å². The lowest BCUT2D eigenvalue weighted by Crippen LogP contribution is -2.54. The monoisotopic (exact) mass is 375 g/mol. The van der Waals surface area contributed by atoms with Crippen molar-refractivity contribution in [1.29, 1.82) is 0 Å². The predicted octanol–water partition coefficient (Wildman–Crippen LogP) is 1.25. The molecule has 0 spiro atoms. The third kappa shape index (κ3) is 5.70. The van der Waals surface area contributed by atoms with Crippen LogP contribution in [0.1, 0.15) is 22.3 Å². The van der Waals surface area contributed by atoms with Crippen molar-refractivity contribution in [1.82, 2.24) is 5.32 Å². The number of aliphatic carboxylic acids is 1. The Bertz CT molecular complexity index is 794. The number of carbonyl (C=O) groups excluding carboxylic acids is 1. The molecule has 0 radical (unpaired) electrons. The van der Waals surface area contributed by atoms with Crippen LogP contribution in [0.15, 0.2) is 48.5 Å². The van der Waals surface area contributed by atoms with Crippen LogP contribution in [0.25, 0.3) is 0 Å². The minimum atomic E-state index is -2.27. The molecule has 144 valence electrons. The molecule has 0 aliphatic rings. The van der Waals surface area contributed by atoms with Gasteiger partial charge >= 0.3 is 11.9 Å². The average molecular weight is 375 g/mol. The van der Waals surface area contributed by atoms with Gasteiger partial charge in [0.1, 0.15) is 0 Å². The second-order valence-corrected chi connectivity index (χ2v) is 5.95. The van der Waals surface area contributed by atoms with Crippen molar-refractivity contribution >= 4 is 11.9 Å². The molecule has 1 atom stereocenters. The molecule has 8 nitrogen and oxygen atoms in total. The minimum absolute atomic E-state index is 0.0520. The molecule has 2 aromatic carbocycles. The fourth-order valence-corrected chi connectivity index (χ4v) is 2.38. The maximum atomic E-state index is 11.8. The Morgan fingerprint density at radius 2 is 1.74 bits per heavy atom. The number of phenols is 2. The number of nitrogens with one attached hydrogen (secondary N) is 1. The van der Waals surface area contributed by atoms with Crippen molar-refractivity contribution in [2.24, 2.45) is 0 Å². The van der Waals surface area contributed by atoms with Gasteiger partial charge in [-0.05, 0) is 36.2 Å². The molecule has 8 heteroatoms. The van der Waals surface area contributed by atoms with Crippen molar-refractivity contribution in [3.05, 3.63) is 59.7 Å². The molecule has 0 unspecified atom stereocenters. The van der Waals surface area contributed by atoms with Gasteiger partial charge in [-0.25, -0.2) is 9.59 Å². The Morgan fingerprint density at radius 1 is 1.04 bits per heavy atom. The molecule has 2 aromatic rings. The second kappa shape index (κ2) is 9.02. The van der Waals surface area contributed by atoms with E-state index in [1.54, 1.807) is 30.3 Å². The van der Waals surface area contributed by atoms with Crippen molar-refractivity contribution in [2.45, 2.75) is 18.6 Å². The van der Waals surface area contributed by atoms with Gasteiger partial charge < -0.3 is 25.2 Å². The highest BCUT2D eigenvalue weighted by molar-refractivity contribution is 5.89. The first-order valence-corrected chi connectivity index (χ1v) is 8.25. The van der Waals surface area contributed by atoms with Crippen molar-refractivity contribution < 1.29 is 34.8 Å².